The first-order valence-electron chi connectivity index (χ1n) is 5.74. The van der Waals surface area contributed by atoms with E-state index in [1.807, 2.05) is 6.92 Å². The lowest BCUT2D eigenvalue weighted by molar-refractivity contribution is -0.123. The summed E-state index contributed by atoms with van der Waals surface area (Å²) in [4.78, 5) is 22.2. The van der Waals surface area contributed by atoms with E-state index in [4.69, 9.17) is 0 Å². The third-order valence-electron chi connectivity index (χ3n) is 2.00. The van der Waals surface area contributed by atoms with Gasteiger partial charge in [-0.3, -0.25) is 9.59 Å². The monoisotopic (exact) mass is 214 g/mol. The summed E-state index contributed by atoms with van der Waals surface area (Å²) in [6.07, 6.45) is 3.95. The number of hydrogen-bond donors (Lipinski definition) is 2. The van der Waals surface area contributed by atoms with Crippen LogP contribution in [0.25, 0.3) is 0 Å². The zero-order valence-electron chi connectivity index (χ0n) is 9.77. The predicted molar refractivity (Wildman–Crippen MR) is 60.5 cm³/mol. The number of carbonyl (C=O) groups excluding carboxylic acids is 2. The van der Waals surface area contributed by atoms with Crippen LogP contribution in [-0.2, 0) is 9.59 Å². The molecule has 0 aromatic carbocycles. The molecule has 0 rings (SSSR count). The van der Waals surface area contributed by atoms with Crippen LogP contribution in [-0.4, -0.2) is 24.9 Å². The molecule has 4 nitrogen and oxygen atoms in total. The molecule has 2 amide bonds. The van der Waals surface area contributed by atoms with Crippen molar-refractivity contribution in [1.29, 1.82) is 0 Å². The van der Waals surface area contributed by atoms with Gasteiger partial charge in [0.25, 0.3) is 0 Å². The first kappa shape index (κ1) is 13.9. The van der Waals surface area contributed by atoms with Crippen molar-refractivity contribution in [3.8, 4) is 0 Å². The van der Waals surface area contributed by atoms with E-state index in [9.17, 15) is 9.59 Å². The van der Waals surface area contributed by atoms with Crippen molar-refractivity contribution in [2.24, 2.45) is 0 Å². The van der Waals surface area contributed by atoms with Gasteiger partial charge in [0.15, 0.2) is 0 Å². The Balaban J connectivity index is 3.30. The number of hydrogen-bond acceptors (Lipinski definition) is 2. The highest BCUT2D eigenvalue weighted by molar-refractivity contribution is 5.76. The molecule has 0 radical (unpaired) electrons. The van der Waals surface area contributed by atoms with Crippen LogP contribution >= 0.6 is 0 Å². The van der Waals surface area contributed by atoms with Crippen LogP contribution in [0.1, 0.15) is 46.0 Å². The lowest BCUT2D eigenvalue weighted by Gasteiger charge is -2.06. The molecule has 0 aliphatic heterocycles. The van der Waals surface area contributed by atoms with Gasteiger partial charge >= 0.3 is 0 Å². The van der Waals surface area contributed by atoms with Gasteiger partial charge in [-0.15, -0.1) is 0 Å². The minimum atomic E-state index is 0.0558. The predicted octanol–water partition coefficient (Wildman–Crippen LogP) is 1.21. The van der Waals surface area contributed by atoms with Crippen LogP contribution in [0.3, 0.4) is 0 Å². The molecule has 0 aromatic rings. The van der Waals surface area contributed by atoms with Crippen molar-refractivity contribution in [2.75, 3.05) is 13.1 Å². The summed E-state index contributed by atoms with van der Waals surface area (Å²) < 4.78 is 0. The largest absolute Gasteiger partial charge is 0.354 e. The number of nitrogens with one attached hydrogen (secondary N) is 2. The standard InChI is InChI=1S/C11H22N2O2/c1-3-5-7-11(15)13-9-8-12-10(14)6-4-2/h3-9H2,1-2H3,(H,12,14)(H,13,15). The minimum Gasteiger partial charge on any atom is -0.354 e. The molecule has 0 bridgehead atoms. The average molecular weight is 214 g/mol. The third kappa shape index (κ3) is 9.25. The van der Waals surface area contributed by atoms with E-state index in [1.165, 1.54) is 0 Å². The molecule has 2 N–H and O–H groups in total. The third-order valence-corrected chi connectivity index (χ3v) is 2.00. The second-order valence-electron chi connectivity index (χ2n) is 3.55. The van der Waals surface area contributed by atoms with Crippen molar-refractivity contribution in [1.82, 2.24) is 10.6 Å². The molecular formula is C11H22N2O2. The molecule has 0 aromatic heterocycles. The first-order valence-corrected chi connectivity index (χ1v) is 5.74. The molecule has 88 valence electrons. The van der Waals surface area contributed by atoms with Gasteiger partial charge in [0.1, 0.15) is 0 Å². The van der Waals surface area contributed by atoms with Crippen LogP contribution in [0.15, 0.2) is 0 Å². The van der Waals surface area contributed by atoms with Gasteiger partial charge in [0, 0.05) is 25.9 Å². The Labute approximate surface area is 91.8 Å². The average Bonchev–Trinajstić information content (AvgIpc) is 2.22. The summed E-state index contributed by atoms with van der Waals surface area (Å²) in [7, 11) is 0. The molecule has 0 fully saturated rings. The molecule has 0 aliphatic carbocycles. The molecular weight excluding hydrogens is 192 g/mol. The summed E-state index contributed by atoms with van der Waals surface area (Å²) >= 11 is 0. The number of amides is 2. The smallest absolute Gasteiger partial charge is 0.220 e. The van der Waals surface area contributed by atoms with E-state index < -0.39 is 0 Å². The Morgan fingerprint density at radius 2 is 1.40 bits per heavy atom. The van der Waals surface area contributed by atoms with E-state index in [0.717, 1.165) is 19.3 Å². The highest BCUT2D eigenvalue weighted by Crippen LogP contribution is 1.92. The van der Waals surface area contributed by atoms with Crippen molar-refractivity contribution in [3.05, 3.63) is 0 Å². The normalized spacial score (nSPS) is 9.73. The molecule has 0 aliphatic rings. The Morgan fingerprint density at radius 3 is 1.87 bits per heavy atom. The van der Waals surface area contributed by atoms with E-state index in [2.05, 4.69) is 17.6 Å². The van der Waals surface area contributed by atoms with Gasteiger partial charge in [-0.1, -0.05) is 20.3 Å². The molecule has 0 saturated heterocycles. The van der Waals surface area contributed by atoms with E-state index in [-0.39, 0.29) is 11.8 Å². The van der Waals surface area contributed by atoms with Crippen molar-refractivity contribution in [3.63, 3.8) is 0 Å². The van der Waals surface area contributed by atoms with Crippen LogP contribution < -0.4 is 10.6 Å². The maximum absolute atomic E-state index is 11.1. The van der Waals surface area contributed by atoms with Crippen LogP contribution in [0.2, 0.25) is 0 Å². The van der Waals surface area contributed by atoms with Crippen molar-refractivity contribution < 1.29 is 9.59 Å². The van der Waals surface area contributed by atoms with Crippen LogP contribution in [0, 0.1) is 0 Å². The Kier molecular flexibility index (Phi) is 8.82. The van der Waals surface area contributed by atoms with Gasteiger partial charge in [0.2, 0.25) is 11.8 Å². The summed E-state index contributed by atoms with van der Waals surface area (Å²) in [5.74, 6) is 0.127. The Bertz CT molecular complexity index is 193. The number of rotatable bonds is 8. The summed E-state index contributed by atoms with van der Waals surface area (Å²) in [5.41, 5.74) is 0. The zero-order chi connectivity index (χ0) is 11.5. The van der Waals surface area contributed by atoms with E-state index in [0.29, 0.717) is 25.9 Å². The Hall–Kier alpha value is -1.06. The molecule has 0 spiro atoms. The fourth-order valence-corrected chi connectivity index (χ4v) is 1.15. The maximum atomic E-state index is 11.1. The number of unbranched alkanes of at least 4 members (excludes halogenated alkanes) is 1. The minimum absolute atomic E-state index is 0.0558. The molecule has 0 atom stereocenters. The fraction of sp³-hybridized carbons (Fsp3) is 0.818. The van der Waals surface area contributed by atoms with Gasteiger partial charge < -0.3 is 10.6 Å². The second kappa shape index (κ2) is 9.49. The van der Waals surface area contributed by atoms with Crippen LogP contribution in [0.5, 0.6) is 0 Å². The van der Waals surface area contributed by atoms with Gasteiger partial charge in [-0.25, -0.2) is 0 Å². The molecule has 0 unspecified atom stereocenters. The van der Waals surface area contributed by atoms with Gasteiger partial charge in [-0.2, -0.15) is 0 Å². The Morgan fingerprint density at radius 1 is 0.867 bits per heavy atom. The fourth-order valence-electron chi connectivity index (χ4n) is 1.15. The first-order chi connectivity index (χ1) is 7.20. The molecule has 15 heavy (non-hydrogen) atoms. The van der Waals surface area contributed by atoms with Crippen LogP contribution in [0.4, 0.5) is 0 Å². The van der Waals surface area contributed by atoms with Crippen molar-refractivity contribution in [2.45, 2.75) is 46.0 Å². The van der Waals surface area contributed by atoms with Crippen molar-refractivity contribution >= 4 is 11.8 Å². The summed E-state index contributed by atoms with van der Waals surface area (Å²) in [5, 5.41) is 5.50. The molecule has 0 heterocycles. The maximum Gasteiger partial charge on any atom is 0.220 e. The van der Waals surface area contributed by atoms with E-state index in [1.54, 1.807) is 0 Å². The highest BCUT2D eigenvalue weighted by atomic mass is 16.2. The summed E-state index contributed by atoms with van der Waals surface area (Å²) in [6, 6.07) is 0. The second-order valence-corrected chi connectivity index (χ2v) is 3.55. The number of carbonyl (C=O) groups is 2. The highest BCUT2D eigenvalue weighted by Gasteiger charge is 2.00. The summed E-state index contributed by atoms with van der Waals surface area (Å²) in [6.45, 7) is 5.07. The van der Waals surface area contributed by atoms with Gasteiger partial charge in [-0.05, 0) is 12.8 Å². The molecule has 4 heteroatoms. The SMILES string of the molecule is CCCCC(=O)NCCNC(=O)CCC. The van der Waals surface area contributed by atoms with E-state index >= 15 is 0 Å². The topological polar surface area (TPSA) is 58.2 Å². The lowest BCUT2D eigenvalue weighted by Crippen LogP contribution is -2.34. The quantitative estimate of drug-likeness (QED) is 0.597. The lowest BCUT2D eigenvalue weighted by atomic mass is 10.2. The molecule has 0 saturated carbocycles. The van der Waals surface area contributed by atoms with Gasteiger partial charge in [0.05, 0.1) is 0 Å². The zero-order valence-corrected chi connectivity index (χ0v) is 9.77.